The number of nitrogens with one attached hydrogen (secondary N) is 1. The molecular formula is C16H23FN2O. The molecule has 4 heteroatoms. The van der Waals surface area contributed by atoms with E-state index in [9.17, 15) is 4.39 Å². The highest BCUT2D eigenvalue weighted by Gasteiger charge is 2.46. The fraction of sp³-hybridized carbons (Fsp3) is 0.625. The van der Waals surface area contributed by atoms with E-state index in [1.165, 1.54) is 20.0 Å². The van der Waals surface area contributed by atoms with Gasteiger partial charge in [0.1, 0.15) is 0 Å². The Balaban J connectivity index is 1.82. The zero-order chi connectivity index (χ0) is 14.2. The van der Waals surface area contributed by atoms with Gasteiger partial charge in [0, 0.05) is 37.3 Å². The monoisotopic (exact) mass is 278 g/mol. The Morgan fingerprint density at radius 1 is 1.45 bits per heavy atom. The van der Waals surface area contributed by atoms with Crippen molar-refractivity contribution >= 4 is 0 Å². The Labute approximate surface area is 120 Å². The van der Waals surface area contributed by atoms with E-state index in [1.54, 1.807) is 6.07 Å². The highest BCUT2D eigenvalue weighted by Crippen LogP contribution is 2.44. The number of methoxy groups -OCH3 is 1. The van der Waals surface area contributed by atoms with E-state index in [0.717, 1.165) is 31.1 Å². The SMILES string of the molecule is COc1cccc(CN2CCNCC2(C)C2CC2)c1F. The Kier molecular flexibility index (Phi) is 3.69. The molecule has 3 rings (SSSR count). The highest BCUT2D eigenvalue weighted by atomic mass is 19.1. The molecule has 1 N–H and O–H groups in total. The fourth-order valence-electron chi connectivity index (χ4n) is 3.33. The van der Waals surface area contributed by atoms with Crippen molar-refractivity contribution in [3.63, 3.8) is 0 Å². The molecule has 0 radical (unpaired) electrons. The van der Waals surface area contributed by atoms with Gasteiger partial charge >= 0.3 is 0 Å². The Morgan fingerprint density at radius 2 is 2.25 bits per heavy atom. The van der Waals surface area contributed by atoms with E-state index >= 15 is 0 Å². The first-order valence-electron chi connectivity index (χ1n) is 7.42. The third-order valence-corrected chi connectivity index (χ3v) is 4.85. The maximum Gasteiger partial charge on any atom is 0.169 e. The molecule has 2 aliphatic rings. The van der Waals surface area contributed by atoms with E-state index in [-0.39, 0.29) is 11.4 Å². The summed E-state index contributed by atoms with van der Waals surface area (Å²) in [5, 5.41) is 3.49. The van der Waals surface area contributed by atoms with Crippen LogP contribution in [0.1, 0.15) is 25.3 Å². The van der Waals surface area contributed by atoms with Gasteiger partial charge in [0.2, 0.25) is 0 Å². The second-order valence-electron chi connectivity index (χ2n) is 6.16. The molecule has 2 fully saturated rings. The summed E-state index contributed by atoms with van der Waals surface area (Å²) in [4.78, 5) is 2.44. The van der Waals surface area contributed by atoms with Gasteiger partial charge in [0.15, 0.2) is 11.6 Å². The topological polar surface area (TPSA) is 24.5 Å². The lowest BCUT2D eigenvalue weighted by Gasteiger charge is -2.46. The van der Waals surface area contributed by atoms with Crippen LogP contribution in [0.5, 0.6) is 5.75 Å². The van der Waals surface area contributed by atoms with Crippen molar-refractivity contribution in [1.82, 2.24) is 10.2 Å². The lowest BCUT2D eigenvalue weighted by molar-refractivity contribution is 0.0474. The number of piperazine rings is 1. The average Bonchev–Trinajstić information content (AvgIpc) is 3.28. The van der Waals surface area contributed by atoms with Gasteiger partial charge in [-0.15, -0.1) is 0 Å². The summed E-state index contributed by atoms with van der Waals surface area (Å²) in [6.45, 7) is 5.94. The van der Waals surface area contributed by atoms with E-state index in [2.05, 4.69) is 17.1 Å². The van der Waals surface area contributed by atoms with Crippen LogP contribution < -0.4 is 10.1 Å². The molecule has 1 aromatic rings. The van der Waals surface area contributed by atoms with Gasteiger partial charge in [-0.3, -0.25) is 4.90 Å². The van der Waals surface area contributed by atoms with Gasteiger partial charge in [0.25, 0.3) is 0 Å². The summed E-state index contributed by atoms with van der Waals surface area (Å²) in [5.41, 5.74) is 0.895. The maximum absolute atomic E-state index is 14.3. The Bertz CT molecular complexity index is 489. The second-order valence-corrected chi connectivity index (χ2v) is 6.16. The molecule has 0 aromatic heterocycles. The third-order valence-electron chi connectivity index (χ3n) is 4.85. The molecule has 1 unspecified atom stereocenters. The molecule has 1 heterocycles. The van der Waals surface area contributed by atoms with Gasteiger partial charge in [-0.05, 0) is 31.7 Å². The normalized spacial score (nSPS) is 27.6. The van der Waals surface area contributed by atoms with Gasteiger partial charge in [-0.1, -0.05) is 12.1 Å². The first kappa shape index (κ1) is 13.8. The van der Waals surface area contributed by atoms with Crippen molar-refractivity contribution in [3.05, 3.63) is 29.6 Å². The third kappa shape index (κ3) is 2.42. The fourth-order valence-corrected chi connectivity index (χ4v) is 3.33. The van der Waals surface area contributed by atoms with Crippen molar-refractivity contribution in [1.29, 1.82) is 0 Å². The molecule has 0 bridgehead atoms. The molecule has 0 spiro atoms. The predicted molar refractivity (Wildman–Crippen MR) is 77.4 cm³/mol. The summed E-state index contributed by atoms with van der Waals surface area (Å²) in [7, 11) is 1.52. The predicted octanol–water partition coefficient (Wildman–Crippen LogP) is 2.41. The number of nitrogens with zero attached hydrogens (tertiary/aromatic N) is 1. The standard InChI is InChI=1S/C16H23FN2O/c1-16(13-6-7-13)11-18-8-9-19(16)10-12-4-3-5-14(20-2)15(12)17/h3-5,13,18H,6-11H2,1-2H3. The van der Waals surface area contributed by atoms with E-state index in [4.69, 9.17) is 4.74 Å². The van der Waals surface area contributed by atoms with Gasteiger partial charge in [-0.2, -0.15) is 0 Å². The lowest BCUT2D eigenvalue weighted by atomic mass is 9.90. The van der Waals surface area contributed by atoms with Crippen LogP contribution in [-0.2, 0) is 6.54 Å². The molecule has 110 valence electrons. The molecule has 3 nitrogen and oxygen atoms in total. The second kappa shape index (κ2) is 5.34. The quantitative estimate of drug-likeness (QED) is 0.915. The first-order chi connectivity index (χ1) is 9.65. The molecule has 0 amide bonds. The summed E-state index contributed by atoms with van der Waals surface area (Å²) in [5.74, 6) is 0.876. The number of hydrogen-bond donors (Lipinski definition) is 1. The highest BCUT2D eigenvalue weighted by molar-refractivity contribution is 5.31. The smallest absolute Gasteiger partial charge is 0.169 e. The minimum atomic E-state index is -0.216. The minimum absolute atomic E-state index is 0.160. The van der Waals surface area contributed by atoms with Gasteiger partial charge in [-0.25, -0.2) is 4.39 Å². The largest absolute Gasteiger partial charge is 0.494 e. The van der Waals surface area contributed by atoms with Crippen LogP contribution >= 0.6 is 0 Å². The lowest BCUT2D eigenvalue weighted by Crippen LogP contribution is -2.60. The summed E-state index contributed by atoms with van der Waals surface area (Å²) >= 11 is 0. The van der Waals surface area contributed by atoms with Crippen LogP contribution in [0.25, 0.3) is 0 Å². The molecule has 1 aliphatic heterocycles. The molecule has 1 saturated heterocycles. The molecule has 1 aliphatic carbocycles. The molecular weight excluding hydrogens is 255 g/mol. The zero-order valence-electron chi connectivity index (χ0n) is 12.3. The number of ether oxygens (including phenoxy) is 1. The zero-order valence-corrected chi connectivity index (χ0v) is 12.3. The van der Waals surface area contributed by atoms with Crippen molar-refractivity contribution in [2.75, 3.05) is 26.7 Å². The average molecular weight is 278 g/mol. The molecule has 1 saturated carbocycles. The number of benzene rings is 1. The van der Waals surface area contributed by atoms with Crippen LogP contribution in [0.4, 0.5) is 4.39 Å². The number of hydrogen-bond acceptors (Lipinski definition) is 3. The van der Waals surface area contributed by atoms with Gasteiger partial charge in [0.05, 0.1) is 7.11 Å². The van der Waals surface area contributed by atoms with Crippen LogP contribution in [0.15, 0.2) is 18.2 Å². The molecule has 1 aromatic carbocycles. The van der Waals surface area contributed by atoms with E-state index < -0.39 is 0 Å². The Hall–Kier alpha value is -1.13. The summed E-state index contributed by atoms with van der Waals surface area (Å²) in [6.07, 6.45) is 2.60. The van der Waals surface area contributed by atoms with E-state index in [0.29, 0.717) is 12.3 Å². The summed E-state index contributed by atoms with van der Waals surface area (Å²) in [6, 6.07) is 5.41. The van der Waals surface area contributed by atoms with Gasteiger partial charge < -0.3 is 10.1 Å². The van der Waals surface area contributed by atoms with Crippen molar-refractivity contribution in [2.45, 2.75) is 31.8 Å². The molecule has 1 atom stereocenters. The molecule has 20 heavy (non-hydrogen) atoms. The summed E-state index contributed by atoms with van der Waals surface area (Å²) < 4.78 is 19.4. The van der Waals surface area contributed by atoms with Crippen molar-refractivity contribution < 1.29 is 9.13 Å². The van der Waals surface area contributed by atoms with Crippen LogP contribution in [0.3, 0.4) is 0 Å². The first-order valence-corrected chi connectivity index (χ1v) is 7.42. The van der Waals surface area contributed by atoms with Crippen molar-refractivity contribution in [3.8, 4) is 5.75 Å². The number of halogens is 1. The van der Waals surface area contributed by atoms with Crippen LogP contribution in [0.2, 0.25) is 0 Å². The van der Waals surface area contributed by atoms with Crippen LogP contribution in [0, 0.1) is 11.7 Å². The number of rotatable bonds is 4. The Morgan fingerprint density at radius 3 is 2.95 bits per heavy atom. The van der Waals surface area contributed by atoms with Crippen molar-refractivity contribution in [2.24, 2.45) is 5.92 Å². The van der Waals surface area contributed by atoms with E-state index in [1.807, 2.05) is 12.1 Å². The minimum Gasteiger partial charge on any atom is -0.494 e. The maximum atomic E-state index is 14.3. The van der Waals surface area contributed by atoms with Crippen LogP contribution in [-0.4, -0.2) is 37.2 Å².